The number of hydrogen-bond donors (Lipinski definition) is 1. The molecule has 0 fully saturated rings. The van der Waals surface area contributed by atoms with E-state index >= 15 is 0 Å². The third kappa shape index (κ3) is 4.15. The minimum Gasteiger partial charge on any atom is -0.329 e. The summed E-state index contributed by atoms with van der Waals surface area (Å²) in [6.07, 6.45) is 3.62. The molecule has 3 nitrogen and oxygen atoms in total. The Labute approximate surface area is 127 Å². The van der Waals surface area contributed by atoms with Crippen molar-refractivity contribution < 1.29 is 4.39 Å². The Morgan fingerprint density at radius 1 is 1.35 bits per heavy atom. The van der Waals surface area contributed by atoms with E-state index in [0.29, 0.717) is 18.7 Å². The van der Waals surface area contributed by atoms with Gasteiger partial charge in [-0.25, -0.2) is 9.37 Å². The lowest BCUT2D eigenvalue weighted by molar-refractivity contribution is 0.412. The number of aromatic nitrogens is 2. The molecule has 1 N–H and O–H groups in total. The molecule has 0 bridgehead atoms. The first-order valence-electron chi connectivity index (χ1n) is 6.54. The fourth-order valence-electron chi connectivity index (χ4n) is 1.84. The molecule has 0 aliphatic heterocycles. The van der Waals surface area contributed by atoms with Crippen LogP contribution < -0.4 is 5.32 Å². The highest BCUT2D eigenvalue weighted by molar-refractivity contribution is 9.10. The zero-order valence-electron chi connectivity index (χ0n) is 12.0. The summed E-state index contributed by atoms with van der Waals surface area (Å²) in [5.74, 6) is 0.705. The molecule has 1 aromatic carbocycles. The van der Waals surface area contributed by atoms with Crippen LogP contribution in [0.5, 0.6) is 0 Å². The van der Waals surface area contributed by atoms with E-state index in [1.807, 2.05) is 10.8 Å². The summed E-state index contributed by atoms with van der Waals surface area (Å²) in [5.41, 5.74) is 0.673. The lowest BCUT2D eigenvalue weighted by atomic mass is 10.1. The first-order chi connectivity index (χ1) is 9.35. The third-order valence-corrected chi connectivity index (χ3v) is 3.42. The maximum absolute atomic E-state index is 13.8. The van der Waals surface area contributed by atoms with Crippen LogP contribution >= 0.6 is 15.9 Å². The quantitative estimate of drug-likeness (QED) is 0.919. The Bertz CT molecular complexity index is 587. The van der Waals surface area contributed by atoms with Crippen LogP contribution in [0.1, 0.15) is 32.2 Å². The summed E-state index contributed by atoms with van der Waals surface area (Å²) in [7, 11) is 0. The molecule has 0 unspecified atom stereocenters. The van der Waals surface area contributed by atoms with Crippen molar-refractivity contribution in [2.45, 2.75) is 39.4 Å². The van der Waals surface area contributed by atoms with E-state index in [-0.39, 0.29) is 11.4 Å². The molecule has 0 aliphatic carbocycles. The maximum atomic E-state index is 13.8. The molecule has 108 valence electrons. The Morgan fingerprint density at radius 2 is 2.10 bits per heavy atom. The van der Waals surface area contributed by atoms with E-state index in [0.717, 1.165) is 10.3 Å². The van der Waals surface area contributed by atoms with E-state index in [9.17, 15) is 4.39 Å². The third-order valence-electron chi connectivity index (χ3n) is 2.93. The van der Waals surface area contributed by atoms with E-state index < -0.39 is 0 Å². The number of imidazole rings is 1. The lowest BCUT2D eigenvalue weighted by Crippen LogP contribution is -2.36. The normalized spacial score (nSPS) is 11.8. The first-order valence-corrected chi connectivity index (χ1v) is 7.33. The zero-order chi connectivity index (χ0) is 14.8. The second-order valence-corrected chi connectivity index (χ2v) is 6.73. The van der Waals surface area contributed by atoms with E-state index in [2.05, 4.69) is 47.0 Å². The Kier molecular flexibility index (Phi) is 4.60. The van der Waals surface area contributed by atoms with Crippen molar-refractivity contribution in [3.63, 3.8) is 0 Å². The van der Waals surface area contributed by atoms with Crippen LogP contribution in [0.3, 0.4) is 0 Å². The number of rotatable bonds is 4. The van der Waals surface area contributed by atoms with Gasteiger partial charge < -0.3 is 9.88 Å². The second kappa shape index (κ2) is 6.06. The van der Waals surface area contributed by atoms with Gasteiger partial charge in [0.15, 0.2) is 0 Å². The number of hydrogen-bond acceptors (Lipinski definition) is 2. The van der Waals surface area contributed by atoms with Gasteiger partial charge in [-0.3, -0.25) is 0 Å². The molecule has 0 spiro atoms. The smallest absolute Gasteiger partial charge is 0.128 e. The van der Waals surface area contributed by atoms with Gasteiger partial charge >= 0.3 is 0 Å². The van der Waals surface area contributed by atoms with Crippen LogP contribution in [0, 0.1) is 5.82 Å². The summed E-state index contributed by atoms with van der Waals surface area (Å²) >= 11 is 3.37. The highest BCUT2D eigenvalue weighted by Gasteiger charge is 2.12. The van der Waals surface area contributed by atoms with Crippen molar-refractivity contribution in [1.29, 1.82) is 0 Å². The molecule has 0 aliphatic rings. The topological polar surface area (TPSA) is 29.9 Å². The standard InChI is InChI=1S/C15H19BrFN3/c1-15(2,3)19-9-14-18-6-7-20(14)10-11-8-12(16)4-5-13(11)17/h4-8,19H,9-10H2,1-3H3. The second-order valence-electron chi connectivity index (χ2n) is 5.81. The van der Waals surface area contributed by atoms with Crippen LogP contribution in [-0.4, -0.2) is 15.1 Å². The van der Waals surface area contributed by atoms with Crippen LogP contribution in [0.15, 0.2) is 35.1 Å². The minimum atomic E-state index is -0.198. The Hall–Kier alpha value is -1.20. The summed E-state index contributed by atoms with van der Waals surface area (Å²) in [6, 6.07) is 4.98. The molecule has 5 heteroatoms. The largest absolute Gasteiger partial charge is 0.329 e. The van der Waals surface area contributed by atoms with Gasteiger partial charge in [0.05, 0.1) is 13.1 Å². The van der Waals surface area contributed by atoms with Gasteiger partial charge in [-0.1, -0.05) is 15.9 Å². The molecule has 0 saturated carbocycles. The summed E-state index contributed by atoms with van der Waals surface area (Å²) < 4.78 is 16.6. The van der Waals surface area contributed by atoms with Crippen molar-refractivity contribution in [1.82, 2.24) is 14.9 Å². The molecule has 2 rings (SSSR count). The van der Waals surface area contributed by atoms with Gasteiger partial charge in [-0.05, 0) is 39.0 Å². The maximum Gasteiger partial charge on any atom is 0.128 e. The number of benzene rings is 1. The zero-order valence-corrected chi connectivity index (χ0v) is 13.5. The van der Waals surface area contributed by atoms with Gasteiger partial charge in [0.25, 0.3) is 0 Å². The molecule has 0 amide bonds. The van der Waals surface area contributed by atoms with Gasteiger partial charge in [0, 0.05) is 28.0 Å². The average molecular weight is 340 g/mol. The van der Waals surface area contributed by atoms with Gasteiger partial charge in [-0.2, -0.15) is 0 Å². The number of halogens is 2. The molecule has 20 heavy (non-hydrogen) atoms. The number of nitrogens with one attached hydrogen (secondary N) is 1. The van der Waals surface area contributed by atoms with E-state index in [4.69, 9.17) is 0 Å². The molecule has 2 aromatic rings. The molecule has 0 atom stereocenters. The Morgan fingerprint density at radius 3 is 2.80 bits per heavy atom. The SMILES string of the molecule is CC(C)(C)NCc1nccn1Cc1cc(Br)ccc1F. The first kappa shape index (κ1) is 15.2. The van der Waals surface area contributed by atoms with Crippen LogP contribution in [-0.2, 0) is 13.1 Å². The highest BCUT2D eigenvalue weighted by Crippen LogP contribution is 2.17. The number of nitrogens with zero attached hydrogens (tertiary/aromatic N) is 2. The Balaban J connectivity index is 2.14. The van der Waals surface area contributed by atoms with Crippen LogP contribution in [0.2, 0.25) is 0 Å². The molecular formula is C15H19BrFN3. The lowest BCUT2D eigenvalue weighted by Gasteiger charge is -2.20. The highest BCUT2D eigenvalue weighted by atomic mass is 79.9. The van der Waals surface area contributed by atoms with Crippen molar-refractivity contribution in [2.75, 3.05) is 0 Å². The van der Waals surface area contributed by atoms with Crippen molar-refractivity contribution in [3.05, 3.63) is 52.3 Å². The molecular weight excluding hydrogens is 321 g/mol. The van der Waals surface area contributed by atoms with Gasteiger partial charge in [0.1, 0.15) is 11.6 Å². The van der Waals surface area contributed by atoms with Gasteiger partial charge in [0.2, 0.25) is 0 Å². The molecule has 0 radical (unpaired) electrons. The predicted octanol–water partition coefficient (Wildman–Crippen LogP) is 3.72. The molecule has 1 heterocycles. The monoisotopic (exact) mass is 339 g/mol. The summed E-state index contributed by atoms with van der Waals surface area (Å²) in [5, 5.41) is 3.39. The fourth-order valence-corrected chi connectivity index (χ4v) is 2.25. The summed E-state index contributed by atoms with van der Waals surface area (Å²) in [4.78, 5) is 4.33. The van der Waals surface area contributed by atoms with E-state index in [1.54, 1.807) is 18.3 Å². The summed E-state index contributed by atoms with van der Waals surface area (Å²) in [6.45, 7) is 7.45. The average Bonchev–Trinajstić information content (AvgIpc) is 2.78. The fraction of sp³-hybridized carbons (Fsp3) is 0.400. The van der Waals surface area contributed by atoms with Crippen molar-refractivity contribution in [2.24, 2.45) is 0 Å². The van der Waals surface area contributed by atoms with Crippen LogP contribution in [0.25, 0.3) is 0 Å². The van der Waals surface area contributed by atoms with Gasteiger partial charge in [-0.15, -0.1) is 0 Å². The minimum absolute atomic E-state index is 0.0256. The molecule has 0 saturated heterocycles. The van der Waals surface area contributed by atoms with E-state index in [1.165, 1.54) is 6.07 Å². The van der Waals surface area contributed by atoms with Crippen molar-refractivity contribution in [3.8, 4) is 0 Å². The van der Waals surface area contributed by atoms with Crippen LogP contribution in [0.4, 0.5) is 4.39 Å². The molecule has 1 aromatic heterocycles. The predicted molar refractivity (Wildman–Crippen MR) is 82.0 cm³/mol. The van der Waals surface area contributed by atoms with Crippen molar-refractivity contribution >= 4 is 15.9 Å².